The van der Waals surface area contributed by atoms with E-state index in [0.29, 0.717) is 23.1 Å². The molecule has 2 heterocycles. The standard InChI is InChI=1S/C26H28N2O7/c1-27-12-11-26-18-8-10-21(34-25(29)16-5-3-15(4-6-16)14-33-28(30)31)24(26)35-23-20(32-2)9-7-17(22(23)26)13-19(18)27/h3-7,9,18-19,21,24H,8,10-14H2,1-2H3/t18-,19+,21-,24-,26-/m0/s1. The number of ether oxygens (including phenoxy) is 3. The average Bonchev–Trinajstić information content (AvgIpc) is 3.21. The zero-order valence-corrected chi connectivity index (χ0v) is 19.8. The van der Waals surface area contributed by atoms with E-state index in [0.717, 1.165) is 43.7 Å². The second kappa shape index (κ2) is 8.12. The number of likely N-dealkylation sites (tertiary alicyclic amines) is 1. The van der Waals surface area contributed by atoms with Crippen LogP contribution in [0.1, 0.15) is 46.3 Å². The van der Waals surface area contributed by atoms with Gasteiger partial charge in [0.2, 0.25) is 0 Å². The summed E-state index contributed by atoms with van der Waals surface area (Å²) < 4.78 is 18.4. The van der Waals surface area contributed by atoms with Crippen LogP contribution in [0.15, 0.2) is 36.4 Å². The number of carbonyl (C=O) groups is 1. The van der Waals surface area contributed by atoms with E-state index in [2.05, 4.69) is 22.9 Å². The third kappa shape index (κ3) is 3.28. The van der Waals surface area contributed by atoms with Crippen LogP contribution in [0, 0.1) is 16.0 Å². The molecule has 184 valence electrons. The summed E-state index contributed by atoms with van der Waals surface area (Å²) in [5.41, 5.74) is 3.41. The molecule has 0 aromatic heterocycles. The molecule has 9 nitrogen and oxygen atoms in total. The molecule has 9 heteroatoms. The van der Waals surface area contributed by atoms with Gasteiger partial charge in [-0.1, -0.05) is 18.2 Å². The summed E-state index contributed by atoms with van der Waals surface area (Å²) in [6, 6.07) is 11.1. The van der Waals surface area contributed by atoms with Crippen molar-refractivity contribution >= 4 is 5.97 Å². The fourth-order valence-electron chi connectivity index (χ4n) is 7.03. The Kier molecular flexibility index (Phi) is 5.14. The van der Waals surface area contributed by atoms with Gasteiger partial charge in [-0.05, 0) is 74.5 Å². The molecule has 2 aromatic rings. The van der Waals surface area contributed by atoms with Gasteiger partial charge < -0.3 is 23.9 Å². The molecule has 0 N–H and O–H groups in total. The summed E-state index contributed by atoms with van der Waals surface area (Å²) >= 11 is 0. The SMILES string of the molecule is COc1ccc2c3c1O[C@H]1[C@@H](OC(=O)c4ccc(CO[N+](=O)[O-])cc4)CC[C@H]4[C@@H](C2)N(C)CC[C@@]341. The zero-order chi connectivity index (χ0) is 24.3. The second-order valence-electron chi connectivity index (χ2n) is 10.0. The molecule has 4 aliphatic rings. The van der Waals surface area contributed by atoms with E-state index in [1.807, 2.05) is 6.07 Å². The van der Waals surface area contributed by atoms with Crippen molar-refractivity contribution in [1.29, 1.82) is 0 Å². The van der Waals surface area contributed by atoms with Crippen LogP contribution < -0.4 is 9.47 Å². The molecule has 6 rings (SSSR count). The van der Waals surface area contributed by atoms with E-state index < -0.39 is 11.1 Å². The largest absolute Gasteiger partial charge is 0.493 e. The minimum atomic E-state index is -0.837. The smallest absolute Gasteiger partial charge is 0.338 e. The van der Waals surface area contributed by atoms with Crippen LogP contribution in [0.25, 0.3) is 0 Å². The Hall–Kier alpha value is -3.33. The van der Waals surface area contributed by atoms with E-state index in [1.54, 1.807) is 31.4 Å². The van der Waals surface area contributed by atoms with Crippen LogP contribution in [0.4, 0.5) is 0 Å². The van der Waals surface area contributed by atoms with Crippen LogP contribution in [-0.2, 0) is 28.0 Å². The van der Waals surface area contributed by atoms with E-state index in [1.165, 1.54) is 11.1 Å². The van der Waals surface area contributed by atoms with Crippen molar-refractivity contribution in [3.05, 3.63) is 68.8 Å². The van der Waals surface area contributed by atoms with Gasteiger partial charge in [0, 0.05) is 17.0 Å². The highest BCUT2D eigenvalue weighted by Gasteiger charge is 2.66. The maximum atomic E-state index is 13.1. The monoisotopic (exact) mass is 480 g/mol. The predicted molar refractivity (Wildman–Crippen MR) is 124 cm³/mol. The third-order valence-electron chi connectivity index (χ3n) is 8.53. The maximum Gasteiger partial charge on any atom is 0.338 e. The molecule has 0 radical (unpaired) electrons. The number of hydrogen-bond donors (Lipinski definition) is 0. The maximum absolute atomic E-state index is 13.1. The Morgan fingerprint density at radius 1 is 1.23 bits per heavy atom. The highest BCUT2D eigenvalue weighted by molar-refractivity contribution is 5.89. The fraction of sp³-hybridized carbons (Fsp3) is 0.500. The summed E-state index contributed by atoms with van der Waals surface area (Å²) in [6.45, 7) is 0.814. The van der Waals surface area contributed by atoms with E-state index in [4.69, 9.17) is 14.2 Å². The number of carbonyl (C=O) groups excluding carboxylic acids is 1. The minimum Gasteiger partial charge on any atom is -0.493 e. The van der Waals surface area contributed by atoms with Crippen LogP contribution in [0.5, 0.6) is 11.5 Å². The molecular weight excluding hydrogens is 452 g/mol. The molecule has 5 atom stereocenters. The minimum absolute atomic E-state index is 0.164. The average molecular weight is 481 g/mol. The zero-order valence-electron chi connectivity index (χ0n) is 19.8. The van der Waals surface area contributed by atoms with E-state index >= 15 is 0 Å². The number of nitrogens with zero attached hydrogens (tertiary/aromatic N) is 2. The lowest BCUT2D eigenvalue weighted by atomic mass is 9.51. The summed E-state index contributed by atoms with van der Waals surface area (Å²) in [7, 11) is 3.88. The molecule has 2 aromatic carbocycles. The second-order valence-corrected chi connectivity index (χ2v) is 10.0. The van der Waals surface area contributed by atoms with Gasteiger partial charge in [0.1, 0.15) is 18.8 Å². The van der Waals surface area contributed by atoms with Gasteiger partial charge in [0.05, 0.1) is 12.7 Å². The number of hydrogen-bond acceptors (Lipinski definition) is 8. The summed E-state index contributed by atoms with van der Waals surface area (Å²) in [5.74, 6) is 1.59. The van der Waals surface area contributed by atoms with Crippen molar-refractivity contribution in [1.82, 2.24) is 4.90 Å². The number of methoxy groups -OCH3 is 1. The predicted octanol–water partition coefficient (Wildman–Crippen LogP) is 3.30. The Morgan fingerprint density at radius 3 is 2.77 bits per heavy atom. The topological polar surface area (TPSA) is 100 Å². The molecule has 1 saturated heterocycles. The first-order valence-electron chi connectivity index (χ1n) is 12.1. The summed E-state index contributed by atoms with van der Waals surface area (Å²) in [6.07, 6.45) is 3.06. The first kappa shape index (κ1) is 22.2. The highest BCUT2D eigenvalue weighted by Crippen LogP contribution is 2.64. The van der Waals surface area contributed by atoms with Crippen molar-refractivity contribution in [2.24, 2.45) is 5.92 Å². The molecule has 2 fully saturated rings. The third-order valence-corrected chi connectivity index (χ3v) is 8.53. The molecular formula is C26H28N2O7. The van der Waals surface area contributed by atoms with Gasteiger partial charge in [-0.2, -0.15) is 0 Å². The lowest BCUT2D eigenvalue weighted by molar-refractivity contribution is -0.763. The number of benzene rings is 2. The van der Waals surface area contributed by atoms with Crippen molar-refractivity contribution in [2.75, 3.05) is 20.7 Å². The van der Waals surface area contributed by atoms with Gasteiger partial charge in [0.25, 0.3) is 5.09 Å². The first-order valence-corrected chi connectivity index (χ1v) is 12.1. The van der Waals surface area contributed by atoms with Gasteiger partial charge in [-0.15, -0.1) is 10.1 Å². The molecule has 0 amide bonds. The fourth-order valence-corrected chi connectivity index (χ4v) is 7.03. The summed E-state index contributed by atoms with van der Waals surface area (Å²) in [5, 5.41) is 9.57. The molecule has 0 unspecified atom stereocenters. The Bertz CT molecular complexity index is 1180. The first-order chi connectivity index (χ1) is 16.9. The lowest BCUT2D eigenvalue weighted by Gasteiger charge is -2.58. The van der Waals surface area contributed by atoms with Gasteiger partial charge in [0.15, 0.2) is 11.5 Å². The highest BCUT2D eigenvalue weighted by atomic mass is 16.9. The van der Waals surface area contributed by atoms with Gasteiger partial charge >= 0.3 is 5.97 Å². The van der Waals surface area contributed by atoms with Gasteiger partial charge in [-0.3, -0.25) is 0 Å². The van der Waals surface area contributed by atoms with Crippen LogP contribution in [0.2, 0.25) is 0 Å². The van der Waals surface area contributed by atoms with Crippen molar-refractivity contribution in [3.8, 4) is 11.5 Å². The van der Waals surface area contributed by atoms with Crippen LogP contribution in [0.3, 0.4) is 0 Å². The van der Waals surface area contributed by atoms with Crippen molar-refractivity contribution in [2.45, 2.75) is 56.0 Å². The van der Waals surface area contributed by atoms with Crippen LogP contribution in [-0.4, -0.2) is 54.9 Å². The molecule has 2 aliphatic carbocycles. The normalized spacial score (nSPS) is 30.1. The van der Waals surface area contributed by atoms with Gasteiger partial charge in [-0.25, -0.2) is 4.79 Å². The van der Waals surface area contributed by atoms with Crippen molar-refractivity contribution < 1.29 is 28.9 Å². The lowest BCUT2D eigenvalue weighted by Crippen LogP contribution is -2.66. The van der Waals surface area contributed by atoms with E-state index in [-0.39, 0.29) is 24.2 Å². The van der Waals surface area contributed by atoms with Crippen LogP contribution >= 0.6 is 0 Å². The molecule has 1 spiro atoms. The molecule has 1 saturated carbocycles. The number of esters is 1. The quantitative estimate of drug-likeness (QED) is 0.353. The number of likely N-dealkylation sites (N-methyl/N-ethyl adjacent to an activating group) is 1. The summed E-state index contributed by atoms with van der Waals surface area (Å²) in [4.78, 5) is 30.4. The Morgan fingerprint density at radius 2 is 2.03 bits per heavy atom. The molecule has 2 aliphatic heterocycles. The number of rotatable bonds is 6. The Balaban J connectivity index is 1.29. The van der Waals surface area contributed by atoms with Crippen molar-refractivity contribution in [3.63, 3.8) is 0 Å². The Labute approximate surface area is 203 Å². The molecule has 2 bridgehead atoms. The number of piperidine rings is 1. The van der Waals surface area contributed by atoms with E-state index in [9.17, 15) is 14.9 Å². The molecule has 35 heavy (non-hydrogen) atoms.